The average molecular weight is 239 g/mol. The SMILES string of the molecule is CCC(C#N)C(=O)N(CC)CC(=O)NC(C)C. The molecule has 0 saturated heterocycles. The highest BCUT2D eigenvalue weighted by atomic mass is 16.2. The second-order valence-electron chi connectivity index (χ2n) is 4.16. The first-order valence-electron chi connectivity index (χ1n) is 5.93. The topological polar surface area (TPSA) is 73.2 Å². The summed E-state index contributed by atoms with van der Waals surface area (Å²) in [7, 11) is 0. The van der Waals surface area contributed by atoms with Gasteiger partial charge in [0.15, 0.2) is 0 Å². The Hall–Kier alpha value is -1.57. The maximum Gasteiger partial charge on any atom is 0.240 e. The summed E-state index contributed by atoms with van der Waals surface area (Å²) in [5.74, 6) is -1.11. The van der Waals surface area contributed by atoms with E-state index < -0.39 is 5.92 Å². The van der Waals surface area contributed by atoms with Crippen molar-refractivity contribution in [2.24, 2.45) is 5.92 Å². The standard InChI is InChI=1S/C12H21N3O2/c1-5-10(7-13)12(17)15(6-2)8-11(16)14-9(3)4/h9-10H,5-6,8H2,1-4H3,(H,14,16). The van der Waals surface area contributed by atoms with Crippen molar-refractivity contribution >= 4 is 11.8 Å². The van der Waals surface area contributed by atoms with Crippen LogP contribution in [0, 0.1) is 17.2 Å². The second-order valence-corrected chi connectivity index (χ2v) is 4.16. The molecular weight excluding hydrogens is 218 g/mol. The zero-order valence-corrected chi connectivity index (χ0v) is 11.0. The van der Waals surface area contributed by atoms with Gasteiger partial charge in [0.2, 0.25) is 11.8 Å². The molecule has 1 atom stereocenters. The van der Waals surface area contributed by atoms with Gasteiger partial charge in [0, 0.05) is 12.6 Å². The first-order chi connectivity index (χ1) is 7.96. The summed E-state index contributed by atoms with van der Waals surface area (Å²) in [6.45, 7) is 7.76. The molecule has 2 amide bonds. The fraction of sp³-hybridized carbons (Fsp3) is 0.750. The zero-order valence-electron chi connectivity index (χ0n) is 11.0. The molecule has 0 saturated carbocycles. The van der Waals surface area contributed by atoms with Crippen LogP contribution in [-0.4, -0.2) is 35.8 Å². The summed E-state index contributed by atoms with van der Waals surface area (Å²) in [6.07, 6.45) is 0.470. The maximum absolute atomic E-state index is 11.9. The van der Waals surface area contributed by atoms with Gasteiger partial charge in [0.1, 0.15) is 5.92 Å². The Bertz CT molecular complexity index is 307. The molecule has 0 radical (unpaired) electrons. The fourth-order valence-corrected chi connectivity index (χ4v) is 1.43. The van der Waals surface area contributed by atoms with E-state index >= 15 is 0 Å². The number of nitrogens with zero attached hydrogens (tertiary/aromatic N) is 2. The van der Waals surface area contributed by atoms with Gasteiger partial charge in [0.25, 0.3) is 0 Å². The first-order valence-corrected chi connectivity index (χ1v) is 5.93. The summed E-state index contributed by atoms with van der Waals surface area (Å²) in [5.41, 5.74) is 0. The van der Waals surface area contributed by atoms with Crippen LogP contribution in [0.4, 0.5) is 0 Å². The van der Waals surface area contributed by atoms with Gasteiger partial charge in [0.05, 0.1) is 12.6 Å². The van der Waals surface area contributed by atoms with Crippen LogP contribution in [0.1, 0.15) is 34.1 Å². The van der Waals surface area contributed by atoms with Gasteiger partial charge in [-0.1, -0.05) is 6.92 Å². The van der Waals surface area contributed by atoms with Gasteiger partial charge in [-0.05, 0) is 27.2 Å². The molecule has 17 heavy (non-hydrogen) atoms. The predicted molar refractivity (Wildman–Crippen MR) is 64.9 cm³/mol. The molecular formula is C12H21N3O2. The van der Waals surface area contributed by atoms with Crippen LogP contribution < -0.4 is 5.32 Å². The van der Waals surface area contributed by atoms with Crippen molar-refractivity contribution in [2.45, 2.75) is 40.2 Å². The van der Waals surface area contributed by atoms with E-state index in [-0.39, 0.29) is 24.4 Å². The number of nitrogens with one attached hydrogen (secondary N) is 1. The smallest absolute Gasteiger partial charge is 0.240 e. The lowest BCUT2D eigenvalue weighted by molar-refractivity contribution is -0.138. The van der Waals surface area contributed by atoms with Crippen LogP contribution in [0.2, 0.25) is 0 Å². The van der Waals surface area contributed by atoms with Crippen molar-refractivity contribution in [1.29, 1.82) is 5.26 Å². The van der Waals surface area contributed by atoms with E-state index in [2.05, 4.69) is 5.32 Å². The molecule has 0 aromatic heterocycles. The number of amides is 2. The lowest BCUT2D eigenvalue weighted by Crippen LogP contribution is -2.44. The Labute approximate surface area is 103 Å². The Morgan fingerprint density at radius 1 is 1.35 bits per heavy atom. The summed E-state index contributed by atoms with van der Waals surface area (Å²) in [4.78, 5) is 24.8. The third-order valence-corrected chi connectivity index (χ3v) is 2.34. The largest absolute Gasteiger partial charge is 0.352 e. The van der Waals surface area contributed by atoms with Gasteiger partial charge < -0.3 is 10.2 Å². The molecule has 0 aliphatic rings. The predicted octanol–water partition coefficient (Wildman–Crippen LogP) is 0.909. The molecule has 0 aromatic carbocycles. The lowest BCUT2D eigenvalue weighted by atomic mass is 10.1. The van der Waals surface area contributed by atoms with Crippen molar-refractivity contribution in [3.63, 3.8) is 0 Å². The first kappa shape index (κ1) is 15.4. The average Bonchev–Trinajstić information content (AvgIpc) is 2.26. The van der Waals surface area contributed by atoms with E-state index in [9.17, 15) is 9.59 Å². The van der Waals surface area contributed by atoms with Crippen LogP contribution in [0.5, 0.6) is 0 Å². The number of carbonyl (C=O) groups excluding carboxylic acids is 2. The third-order valence-electron chi connectivity index (χ3n) is 2.34. The summed E-state index contributed by atoms with van der Waals surface area (Å²) in [5, 5.41) is 11.5. The van der Waals surface area contributed by atoms with Gasteiger partial charge in [-0.25, -0.2) is 0 Å². The summed E-state index contributed by atoms with van der Waals surface area (Å²) >= 11 is 0. The highest BCUT2D eigenvalue weighted by molar-refractivity contribution is 5.87. The maximum atomic E-state index is 11.9. The van der Waals surface area contributed by atoms with E-state index in [0.717, 1.165) is 0 Å². The number of nitriles is 1. The minimum Gasteiger partial charge on any atom is -0.352 e. The normalized spacial score (nSPS) is 11.8. The molecule has 1 unspecified atom stereocenters. The van der Waals surface area contributed by atoms with Crippen LogP contribution in [0.3, 0.4) is 0 Å². The van der Waals surface area contributed by atoms with Crippen molar-refractivity contribution in [3.05, 3.63) is 0 Å². The number of hydrogen-bond donors (Lipinski definition) is 1. The molecule has 1 N–H and O–H groups in total. The van der Waals surface area contributed by atoms with E-state index in [1.807, 2.05) is 19.9 Å². The Balaban J connectivity index is 4.48. The third kappa shape index (κ3) is 5.34. The molecule has 0 spiro atoms. The fourth-order valence-electron chi connectivity index (χ4n) is 1.43. The number of likely N-dealkylation sites (N-methyl/N-ethyl adjacent to an activating group) is 1. The molecule has 0 heterocycles. The van der Waals surface area contributed by atoms with E-state index in [0.29, 0.717) is 13.0 Å². The minimum absolute atomic E-state index is 0.0195. The molecule has 5 nitrogen and oxygen atoms in total. The number of carbonyl (C=O) groups is 2. The van der Waals surface area contributed by atoms with Crippen molar-refractivity contribution in [2.75, 3.05) is 13.1 Å². The zero-order chi connectivity index (χ0) is 13.4. The number of rotatable bonds is 6. The second kappa shape index (κ2) is 7.66. The van der Waals surface area contributed by atoms with Crippen LogP contribution in [0.25, 0.3) is 0 Å². The number of hydrogen-bond acceptors (Lipinski definition) is 3. The summed E-state index contributed by atoms with van der Waals surface area (Å²) in [6, 6.07) is 2.01. The Morgan fingerprint density at radius 2 is 1.94 bits per heavy atom. The summed E-state index contributed by atoms with van der Waals surface area (Å²) < 4.78 is 0. The molecule has 0 aliphatic carbocycles. The van der Waals surface area contributed by atoms with Crippen LogP contribution in [-0.2, 0) is 9.59 Å². The quantitative estimate of drug-likeness (QED) is 0.748. The Morgan fingerprint density at radius 3 is 2.29 bits per heavy atom. The molecule has 96 valence electrons. The van der Waals surface area contributed by atoms with E-state index in [1.54, 1.807) is 13.8 Å². The van der Waals surface area contributed by atoms with Crippen molar-refractivity contribution in [3.8, 4) is 6.07 Å². The van der Waals surface area contributed by atoms with Gasteiger partial charge in [-0.3, -0.25) is 9.59 Å². The molecule has 0 fully saturated rings. The monoisotopic (exact) mass is 239 g/mol. The van der Waals surface area contributed by atoms with E-state index in [4.69, 9.17) is 5.26 Å². The highest BCUT2D eigenvalue weighted by Crippen LogP contribution is 2.06. The van der Waals surface area contributed by atoms with Crippen molar-refractivity contribution < 1.29 is 9.59 Å². The van der Waals surface area contributed by atoms with Crippen LogP contribution in [0.15, 0.2) is 0 Å². The van der Waals surface area contributed by atoms with Gasteiger partial charge in [-0.15, -0.1) is 0 Å². The lowest BCUT2D eigenvalue weighted by Gasteiger charge is -2.22. The Kier molecular flexibility index (Phi) is 6.95. The van der Waals surface area contributed by atoms with Crippen LogP contribution >= 0.6 is 0 Å². The molecule has 0 aliphatic heterocycles. The minimum atomic E-state index is -0.651. The molecule has 0 bridgehead atoms. The van der Waals surface area contributed by atoms with Gasteiger partial charge in [-0.2, -0.15) is 5.26 Å². The highest BCUT2D eigenvalue weighted by Gasteiger charge is 2.23. The molecule has 0 aromatic rings. The van der Waals surface area contributed by atoms with E-state index in [1.165, 1.54) is 4.90 Å². The van der Waals surface area contributed by atoms with Gasteiger partial charge >= 0.3 is 0 Å². The van der Waals surface area contributed by atoms with Crippen molar-refractivity contribution in [1.82, 2.24) is 10.2 Å². The molecule has 5 heteroatoms. The molecule has 0 rings (SSSR count).